The fourth-order valence-electron chi connectivity index (χ4n) is 4.53. The minimum absolute atomic E-state index is 0.125. The molecule has 2 amide bonds. The molecule has 0 unspecified atom stereocenters. The normalized spacial score (nSPS) is 18.1. The Morgan fingerprint density at radius 3 is 2.70 bits per heavy atom. The van der Waals surface area contributed by atoms with Gasteiger partial charge in [-0.05, 0) is 51.8 Å². The molecule has 1 aromatic heterocycles. The Balaban J connectivity index is 1.65. The molecule has 6 heteroatoms. The predicted octanol–water partition coefficient (Wildman–Crippen LogP) is 4.30. The van der Waals surface area contributed by atoms with Crippen molar-refractivity contribution < 1.29 is 14.3 Å². The van der Waals surface area contributed by atoms with Crippen LogP contribution in [0.4, 0.5) is 0 Å². The maximum Gasteiger partial charge on any atom is 0.271 e. The third-order valence-corrected chi connectivity index (χ3v) is 6.31. The van der Waals surface area contributed by atoms with Crippen molar-refractivity contribution in [2.24, 2.45) is 0 Å². The molecule has 33 heavy (non-hydrogen) atoms. The van der Waals surface area contributed by atoms with Crippen molar-refractivity contribution in [2.45, 2.75) is 58.8 Å². The van der Waals surface area contributed by atoms with E-state index >= 15 is 0 Å². The number of amides is 2. The summed E-state index contributed by atoms with van der Waals surface area (Å²) < 4.78 is 7.58. The summed E-state index contributed by atoms with van der Waals surface area (Å²) in [5.74, 6) is -0.267. The van der Waals surface area contributed by atoms with Crippen LogP contribution in [0.1, 0.15) is 48.8 Å². The highest BCUT2D eigenvalue weighted by atomic mass is 16.5. The van der Waals surface area contributed by atoms with Crippen LogP contribution in [-0.4, -0.2) is 46.1 Å². The minimum Gasteiger partial charge on any atom is -0.379 e. The van der Waals surface area contributed by atoms with Gasteiger partial charge in [-0.2, -0.15) is 0 Å². The van der Waals surface area contributed by atoms with Gasteiger partial charge in [0, 0.05) is 30.6 Å². The molecule has 0 bridgehead atoms. The number of aryl methyl sites for hydroxylation is 1. The molecule has 3 aromatic rings. The summed E-state index contributed by atoms with van der Waals surface area (Å²) in [6.45, 7) is 9.78. The zero-order valence-electron chi connectivity index (χ0n) is 19.9. The molecule has 2 aromatic carbocycles. The maximum atomic E-state index is 13.8. The van der Waals surface area contributed by atoms with Crippen LogP contribution in [0.25, 0.3) is 10.9 Å². The number of aromatic nitrogens is 1. The summed E-state index contributed by atoms with van der Waals surface area (Å²) in [5.41, 5.74) is 2.72. The molecule has 0 saturated heterocycles. The molecule has 174 valence electrons. The first-order valence-electron chi connectivity index (χ1n) is 11.7. The first-order chi connectivity index (χ1) is 15.8. The zero-order chi connectivity index (χ0) is 23.6. The molecular formula is C27H33N3O3. The Labute approximate surface area is 195 Å². The van der Waals surface area contributed by atoms with Crippen molar-refractivity contribution in [3.63, 3.8) is 0 Å². The number of ether oxygens (including phenoxy) is 1. The van der Waals surface area contributed by atoms with Crippen molar-refractivity contribution in [1.82, 2.24) is 14.8 Å². The Morgan fingerprint density at radius 2 is 1.94 bits per heavy atom. The number of nitrogens with one attached hydrogen (secondary N) is 1. The Morgan fingerprint density at radius 1 is 1.15 bits per heavy atom. The van der Waals surface area contributed by atoms with E-state index in [1.807, 2.05) is 80.8 Å². The van der Waals surface area contributed by atoms with Crippen molar-refractivity contribution in [3.8, 4) is 0 Å². The van der Waals surface area contributed by atoms with Crippen molar-refractivity contribution in [3.05, 3.63) is 71.4 Å². The summed E-state index contributed by atoms with van der Waals surface area (Å²) in [6, 6.07) is 18.0. The molecule has 0 aliphatic carbocycles. The van der Waals surface area contributed by atoms with Gasteiger partial charge in [0.15, 0.2) is 0 Å². The smallest absolute Gasteiger partial charge is 0.271 e. The van der Waals surface area contributed by atoms with Gasteiger partial charge in [0.2, 0.25) is 5.91 Å². The molecule has 0 spiro atoms. The van der Waals surface area contributed by atoms with Gasteiger partial charge in [0.05, 0.1) is 12.6 Å². The van der Waals surface area contributed by atoms with E-state index in [4.69, 9.17) is 4.74 Å². The second-order valence-corrected chi connectivity index (χ2v) is 9.36. The largest absolute Gasteiger partial charge is 0.379 e. The van der Waals surface area contributed by atoms with Crippen LogP contribution < -0.4 is 5.32 Å². The van der Waals surface area contributed by atoms with E-state index in [-0.39, 0.29) is 17.9 Å². The topological polar surface area (TPSA) is 63.6 Å². The van der Waals surface area contributed by atoms with Crippen molar-refractivity contribution in [1.29, 1.82) is 0 Å². The molecule has 1 aliphatic heterocycles. The molecule has 1 N–H and O–H groups in total. The highest BCUT2D eigenvalue weighted by molar-refractivity contribution is 6.03. The van der Waals surface area contributed by atoms with Gasteiger partial charge in [0.25, 0.3) is 5.91 Å². The number of rotatable bonds is 8. The number of carbonyl (C=O) groups is 2. The molecule has 4 rings (SSSR count). The third kappa shape index (κ3) is 4.67. The fourth-order valence-corrected chi connectivity index (χ4v) is 4.53. The number of carbonyl (C=O) groups excluding carboxylic acids is 2. The van der Waals surface area contributed by atoms with Gasteiger partial charge in [-0.25, -0.2) is 0 Å². The third-order valence-electron chi connectivity index (χ3n) is 6.31. The molecule has 0 radical (unpaired) electrons. The lowest BCUT2D eigenvalue weighted by Crippen LogP contribution is -2.63. The Bertz CT molecular complexity index is 1170. The minimum atomic E-state index is -1.02. The second-order valence-electron chi connectivity index (χ2n) is 9.36. The molecular weight excluding hydrogens is 414 g/mol. The fraction of sp³-hybridized carbons (Fsp3) is 0.407. The molecule has 1 atom stereocenters. The van der Waals surface area contributed by atoms with E-state index in [2.05, 4.69) is 11.4 Å². The molecule has 1 aliphatic rings. The Kier molecular flexibility index (Phi) is 6.56. The summed E-state index contributed by atoms with van der Waals surface area (Å²) in [5, 5.41) is 4.07. The average molecular weight is 448 g/mol. The number of hydrogen-bond donors (Lipinski definition) is 1. The van der Waals surface area contributed by atoms with E-state index in [1.165, 1.54) is 0 Å². The van der Waals surface area contributed by atoms with Crippen molar-refractivity contribution in [2.75, 3.05) is 13.2 Å². The lowest BCUT2D eigenvalue weighted by Gasteiger charge is -2.44. The summed E-state index contributed by atoms with van der Waals surface area (Å²) in [7, 11) is 0. The molecule has 6 nitrogen and oxygen atoms in total. The predicted molar refractivity (Wildman–Crippen MR) is 130 cm³/mol. The van der Waals surface area contributed by atoms with Gasteiger partial charge >= 0.3 is 0 Å². The van der Waals surface area contributed by atoms with E-state index < -0.39 is 5.54 Å². The zero-order valence-corrected chi connectivity index (χ0v) is 19.9. The van der Waals surface area contributed by atoms with E-state index in [0.29, 0.717) is 31.9 Å². The Hall–Kier alpha value is -3.12. The van der Waals surface area contributed by atoms with Crippen LogP contribution in [0.2, 0.25) is 0 Å². The van der Waals surface area contributed by atoms with Gasteiger partial charge in [-0.1, -0.05) is 48.0 Å². The van der Waals surface area contributed by atoms with Gasteiger partial charge in [0.1, 0.15) is 11.2 Å². The van der Waals surface area contributed by atoms with Gasteiger partial charge < -0.3 is 19.5 Å². The van der Waals surface area contributed by atoms with Gasteiger partial charge in [-0.15, -0.1) is 0 Å². The number of hydrogen-bond acceptors (Lipinski definition) is 3. The van der Waals surface area contributed by atoms with Crippen LogP contribution >= 0.6 is 0 Å². The lowest BCUT2D eigenvalue weighted by molar-refractivity contribution is -0.133. The SMILES string of the molecule is Cc1cccc(CN2C(=O)c3cc4ccccc4n3C[C@@]2(C)C(=O)NCCCOC(C)C)c1. The van der Waals surface area contributed by atoms with Crippen molar-refractivity contribution >= 4 is 22.7 Å². The number of benzene rings is 2. The van der Waals surface area contributed by atoms with E-state index in [9.17, 15) is 9.59 Å². The molecule has 0 saturated carbocycles. The first-order valence-corrected chi connectivity index (χ1v) is 11.7. The van der Waals surface area contributed by atoms with Crippen LogP contribution in [0.3, 0.4) is 0 Å². The molecule has 2 heterocycles. The summed E-state index contributed by atoms with van der Waals surface area (Å²) >= 11 is 0. The maximum absolute atomic E-state index is 13.8. The standard InChI is InChI=1S/C27H33N3O3/c1-19(2)33-14-8-13-28-26(32)27(4)18-29-23-12-6-5-11-22(23)16-24(29)25(31)30(27)17-21-10-7-9-20(3)15-21/h5-7,9-12,15-16,19H,8,13-14,17-18H2,1-4H3,(H,28,32)/t27-/m0/s1. The highest BCUT2D eigenvalue weighted by Gasteiger charge is 2.47. The lowest BCUT2D eigenvalue weighted by atomic mass is 9.93. The van der Waals surface area contributed by atoms with Crippen LogP contribution in [-0.2, 0) is 22.6 Å². The van der Waals surface area contributed by atoms with Crippen LogP contribution in [0, 0.1) is 6.92 Å². The number of nitrogens with zero attached hydrogens (tertiary/aromatic N) is 2. The van der Waals surface area contributed by atoms with Crippen LogP contribution in [0.5, 0.6) is 0 Å². The van der Waals surface area contributed by atoms with Gasteiger partial charge in [-0.3, -0.25) is 9.59 Å². The summed E-state index contributed by atoms with van der Waals surface area (Å²) in [6.07, 6.45) is 0.892. The summed E-state index contributed by atoms with van der Waals surface area (Å²) in [4.78, 5) is 29.0. The number of fused-ring (bicyclic) bond motifs is 3. The molecule has 0 fully saturated rings. The highest BCUT2D eigenvalue weighted by Crippen LogP contribution is 2.33. The second kappa shape index (κ2) is 9.40. The van der Waals surface area contributed by atoms with E-state index in [1.54, 1.807) is 4.90 Å². The monoisotopic (exact) mass is 447 g/mol. The average Bonchev–Trinajstić information content (AvgIpc) is 3.14. The van der Waals surface area contributed by atoms with Crippen LogP contribution in [0.15, 0.2) is 54.6 Å². The number of para-hydroxylation sites is 1. The first kappa shape index (κ1) is 23.1. The van der Waals surface area contributed by atoms with E-state index in [0.717, 1.165) is 28.5 Å². The quantitative estimate of drug-likeness (QED) is 0.524.